The Balaban J connectivity index is 1.64. The summed E-state index contributed by atoms with van der Waals surface area (Å²) in [4.78, 5) is 22.4. The average molecular weight is 371 g/mol. The quantitative estimate of drug-likeness (QED) is 0.273. The number of allylic oxidation sites excluding steroid dienone is 1. The molecule has 0 spiro atoms. The van der Waals surface area contributed by atoms with Gasteiger partial charge in [0.15, 0.2) is 0 Å². The normalized spacial score (nSPS) is 11.0. The number of furan rings is 1. The Bertz CT molecular complexity index is 1000. The van der Waals surface area contributed by atoms with Crippen LogP contribution in [-0.4, -0.2) is 20.5 Å². The lowest BCUT2D eigenvalue weighted by Crippen LogP contribution is -2.00. The van der Waals surface area contributed by atoms with Gasteiger partial charge >= 0.3 is 5.69 Å². The van der Waals surface area contributed by atoms with E-state index < -0.39 is 10.7 Å². The van der Waals surface area contributed by atoms with Crippen molar-refractivity contribution in [3.05, 3.63) is 81.8 Å². The molecular formula is C18H14FN3O5. The third-order valence-corrected chi connectivity index (χ3v) is 3.52. The molecule has 0 radical (unpaired) electrons. The van der Waals surface area contributed by atoms with Crippen LogP contribution in [0, 0.1) is 15.9 Å². The van der Waals surface area contributed by atoms with Crippen LogP contribution in [0.2, 0.25) is 0 Å². The highest BCUT2D eigenvalue weighted by atomic mass is 19.1. The second-order valence-corrected chi connectivity index (χ2v) is 5.54. The number of halogens is 1. The molecule has 1 aromatic carbocycles. The second kappa shape index (κ2) is 7.65. The Labute approximate surface area is 152 Å². The molecular weight excluding hydrogens is 357 g/mol. The van der Waals surface area contributed by atoms with E-state index >= 15 is 0 Å². The maximum absolute atomic E-state index is 12.8. The first-order valence-corrected chi connectivity index (χ1v) is 7.80. The maximum Gasteiger partial charge on any atom is 0.318 e. The fourth-order valence-corrected chi connectivity index (χ4v) is 2.27. The van der Waals surface area contributed by atoms with E-state index in [9.17, 15) is 19.3 Å². The predicted octanol–water partition coefficient (Wildman–Crippen LogP) is 3.54. The van der Waals surface area contributed by atoms with Gasteiger partial charge in [-0.2, -0.15) is 5.10 Å². The Morgan fingerprint density at radius 1 is 1.33 bits per heavy atom. The van der Waals surface area contributed by atoms with E-state index in [1.807, 2.05) is 0 Å². The van der Waals surface area contributed by atoms with Gasteiger partial charge in [0, 0.05) is 7.05 Å². The molecule has 2 heterocycles. The van der Waals surface area contributed by atoms with Crippen LogP contribution in [0.25, 0.3) is 6.08 Å². The van der Waals surface area contributed by atoms with Crippen LogP contribution >= 0.6 is 0 Å². The van der Waals surface area contributed by atoms with Crippen LogP contribution in [0.3, 0.4) is 0 Å². The summed E-state index contributed by atoms with van der Waals surface area (Å²) in [6.45, 7) is 0.124. The minimum atomic E-state index is -0.661. The first-order chi connectivity index (χ1) is 12.9. The van der Waals surface area contributed by atoms with Crippen LogP contribution in [0.5, 0.6) is 5.75 Å². The predicted molar refractivity (Wildman–Crippen MR) is 92.7 cm³/mol. The number of ketones is 1. The lowest BCUT2D eigenvalue weighted by atomic mass is 10.2. The largest absolute Gasteiger partial charge is 0.486 e. The van der Waals surface area contributed by atoms with Gasteiger partial charge in [0.05, 0.1) is 4.92 Å². The van der Waals surface area contributed by atoms with Gasteiger partial charge in [-0.05, 0) is 48.6 Å². The third kappa shape index (κ3) is 4.46. The molecule has 9 heteroatoms. The van der Waals surface area contributed by atoms with Crippen molar-refractivity contribution in [2.24, 2.45) is 7.05 Å². The number of rotatable bonds is 7. The van der Waals surface area contributed by atoms with Gasteiger partial charge in [-0.25, -0.2) is 4.39 Å². The summed E-state index contributed by atoms with van der Waals surface area (Å²) in [5.74, 6) is 0.394. The lowest BCUT2D eigenvalue weighted by molar-refractivity contribution is -0.385. The zero-order valence-electron chi connectivity index (χ0n) is 14.2. The van der Waals surface area contributed by atoms with Crippen molar-refractivity contribution in [2.75, 3.05) is 0 Å². The Morgan fingerprint density at radius 3 is 2.78 bits per heavy atom. The van der Waals surface area contributed by atoms with Gasteiger partial charge in [-0.3, -0.25) is 19.6 Å². The summed E-state index contributed by atoms with van der Waals surface area (Å²) in [7, 11) is 1.49. The monoisotopic (exact) mass is 371 g/mol. The fraction of sp³-hybridized carbons (Fsp3) is 0.111. The van der Waals surface area contributed by atoms with Crippen LogP contribution in [0.1, 0.15) is 22.0 Å². The van der Waals surface area contributed by atoms with E-state index in [-0.39, 0.29) is 23.8 Å². The Morgan fingerprint density at radius 2 is 2.07 bits per heavy atom. The second-order valence-electron chi connectivity index (χ2n) is 5.54. The highest BCUT2D eigenvalue weighted by molar-refractivity contribution is 6.07. The van der Waals surface area contributed by atoms with Crippen molar-refractivity contribution >= 4 is 17.5 Å². The summed E-state index contributed by atoms with van der Waals surface area (Å²) in [5, 5.41) is 14.8. The standard InChI is InChI=1S/C18H14FN3O5/c1-21-10-16(22(24)25)18(20-21)17(23)9-8-14-6-7-15(27-14)11-26-13-4-2-12(19)3-5-13/h2-10H,11H2,1H3/b9-8+. The molecule has 0 fully saturated rings. The highest BCUT2D eigenvalue weighted by Gasteiger charge is 2.23. The summed E-state index contributed by atoms with van der Waals surface area (Å²) in [6.07, 6.45) is 3.71. The number of hydrogen-bond acceptors (Lipinski definition) is 6. The molecule has 0 unspecified atom stereocenters. The van der Waals surface area contributed by atoms with Crippen molar-refractivity contribution in [3.8, 4) is 5.75 Å². The van der Waals surface area contributed by atoms with Gasteiger partial charge < -0.3 is 9.15 Å². The summed E-state index contributed by atoms with van der Waals surface area (Å²) >= 11 is 0. The van der Waals surface area contributed by atoms with Crippen molar-refractivity contribution in [1.82, 2.24) is 9.78 Å². The van der Waals surface area contributed by atoms with Gasteiger partial charge in [0.1, 0.15) is 35.9 Å². The number of ether oxygens (including phenoxy) is 1. The molecule has 0 amide bonds. The molecule has 3 rings (SSSR count). The zero-order valence-corrected chi connectivity index (χ0v) is 14.2. The first-order valence-electron chi connectivity index (χ1n) is 7.80. The number of carbonyl (C=O) groups excluding carboxylic acids is 1. The van der Waals surface area contributed by atoms with E-state index in [1.165, 1.54) is 48.3 Å². The van der Waals surface area contributed by atoms with Gasteiger partial charge in [0.2, 0.25) is 11.5 Å². The zero-order chi connectivity index (χ0) is 19.4. The highest BCUT2D eigenvalue weighted by Crippen LogP contribution is 2.19. The molecule has 2 aromatic heterocycles. The van der Waals surface area contributed by atoms with Gasteiger partial charge in [0.25, 0.3) is 0 Å². The molecule has 0 saturated heterocycles. The SMILES string of the molecule is Cn1cc([N+](=O)[O-])c(C(=O)/C=C/c2ccc(COc3ccc(F)cc3)o2)n1. The number of benzene rings is 1. The molecule has 0 aliphatic carbocycles. The number of aromatic nitrogens is 2. The molecule has 138 valence electrons. The van der Waals surface area contributed by atoms with Crippen LogP contribution in [0.15, 0.2) is 53.1 Å². The fourth-order valence-electron chi connectivity index (χ4n) is 2.27. The Kier molecular flexibility index (Phi) is 5.11. The van der Waals surface area contributed by atoms with E-state index in [2.05, 4.69) is 5.10 Å². The van der Waals surface area contributed by atoms with E-state index in [0.29, 0.717) is 17.3 Å². The number of carbonyl (C=O) groups is 1. The molecule has 27 heavy (non-hydrogen) atoms. The van der Waals surface area contributed by atoms with Gasteiger partial charge in [-0.15, -0.1) is 0 Å². The minimum absolute atomic E-state index is 0.124. The van der Waals surface area contributed by atoms with E-state index in [1.54, 1.807) is 12.1 Å². The van der Waals surface area contributed by atoms with Crippen molar-refractivity contribution in [2.45, 2.75) is 6.61 Å². The summed E-state index contributed by atoms with van der Waals surface area (Å²) in [6, 6.07) is 8.86. The van der Waals surface area contributed by atoms with E-state index in [0.717, 1.165) is 6.08 Å². The minimum Gasteiger partial charge on any atom is -0.486 e. The third-order valence-electron chi connectivity index (χ3n) is 3.52. The van der Waals surface area contributed by atoms with Crippen LogP contribution < -0.4 is 4.74 Å². The van der Waals surface area contributed by atoms with Gasteiger partial charge in [-0.1, -0.05) is 0 Å². The molecule has 0 atom stereocenters. The average Bonchev–Trinajstić information content (AvgIpc) is 3.26. The van der Waals surface area contributed by atoms with Crippen LogP contribution in [-0.2, 0) is 13.7 Å². The van der Waals surface area contributed by atoms with Crippen molar-refractivity contribution < 1.29 is 23.3 Å². The number of hydrogen-bond donors (Lipinski definition) is 0. The van der Waals surface area contributed by atoms with Crippen molar-refractivity contribution in [1.29, 1.82) is 0 Å². The van der Waals surface area contributed by atoms with Crippen molar-refractivity contribution in [3.63, 3.8) is 0 Å². The topological polar surface area (TPSA) is 100 Å². The summed E-state index contributed by atoms with van der Waals surface area (Å²) < 4.78 is 25.0. The molecule has 0 bridgehead atoms. The lowest BCUT2D eigenvalue weighted by Gasteiger charge is -2.03. The molecule has 0 saturated carbocycles. The molecule has 0 N–H and O–H groups in total. The molecule has 8 nitrogen and oxygen atoms in total. The Hall–Kier alpha value is -3.75. The molecule has 3 aromatic rings. The first kappa shape index (κ1) is 18.1. The number of nitro groups is 1. The van der Waals surface area contributed by atoms with Crippen LogP contribution in [0.4, 0.5) is 10.1 Å². The molecule has 0 aliphatic rings. The maximum atomic E-state index is 12.8. The smallest absolute Gasteiger partial charge is 0.318 e. The van der Waals surface area contributed by atoms with E-state index in [4.69, 9.17) is 9.15 Å². The number of nitrogens with zero attached hydrogens (tertiary/aromatic N) is 3. The summed E-state index contributed by atoms with van der Waals surface area (Å²) in [5.41, 5.74) is -0.606. The number of aryl methyl sites for hydroxylation is 1. The molecule has 0 aliphatic heterocycles.